The summed E-state index contributed by atoms with van der Waals surface area (Å²) < 4.78 is 0. The van der Waals surface area contributed by atoms with E-state index in [9.17, 15) is 0 Å². The minimum Gasteiger partial charge on any atom is -0.368 e. The summed E-state index contributed by atoms with van der Waals surface area (Å²) in [6.07, 6.45) is 3.73. The molecule has 3 N–H and O–H groups in total. The Morgan fingerprint density at radius 2 is 2.15 bits per heavy atom. The third-order valence-electron chi connectivity index (χ3n) is 3.95. The lowest BCUT2D eigenvalue weighted by Gasteiger charge is -2.32. The first-order valence-corrected chi connectivity index (χ1v) is 6.94. The molecule has 2 atom stereocenters. The summed E-state index contributed by atoms with van der Waals surface area (Å²) in [5.41, 5.74) is 9.68. The molecule has 1 heterocycles. The summed E-state index contributed by atoms with van der Waals surface area (Å²) in [6, 6.07) is 6.87. The van der Waals surface area contributed by atoms with Crippen molar-refractivity contribution < 1.29 is 0 Å². The fraction of sp³-hybridized carbons (Fsp3) is 0.400. The van der Waals surface area contributed by atoms with E-state index >= 15 is 0 Å². The van der Waals surface area contributed by atoms with E-state index in [0.717, 1.165) is 12.8 Å². The Balaban J connectivity index is 1.93. The molecule has 5 heteroatoms. The number of aryl methyl sites for hydroxylation is 2. The summed E-state index contributed by atoms with van der Waals surface area (Å²) in [7, 11) is 0. The third kappa shape index (κ3) is 2.43. The van der Waals surface area contributed by atoms with Gasteiger partial charge in [-0.15, -0.1) is 0 Å². The molecule has 0 saturated carbocycles. The molecule has 20 heavy (non-hydrogen) atoms. The van der Waals surface area contributed by atoms with Crippen molar-refractivity contribution in [3.8, 4) is 0 Å². The standard InChI is InChI=1S/C15H19N5/c1-9-3-6-12-11(7-9)5-4-10(2)13(12)19-15-18-8-17-14(16)20-15/h3,6-8,10,13H,4-5H2,1-2H3,(H3,16,17,18,19,20). The van der Waals surface area contributed by atoms with Gasteiger partial charge in [0.25, 0.3) is 0 Å². The summed E-state index contributed by atoms with van der Waals surface area (Å²) in [5.74, 6) is 1.32. The number of nitrogens with one attached hydrogen (secondary N) is 1. The number of anilines is 2. The predicted molar refractivity (Wildman–Crippen MR) is 79.3 cm³/mol. The molecule has 2 aromatic rings. The van der Waals surface area contributed by atoms with Crippen molar-refractivity contribution in [2.75, 3.05) is 11.1 Å². The average molecular weight is 269 g/mol. The van der Waals surface area contributed by atoms with Crippen LogP contribution in [-0.2, 0) is 6.42 Å². The number of nitrogen functional groups attached to an aromatic ring is 1. The van der Waals surface area contributed by atoms with Crippen LogP contribution in [0.4, 0.5) is 11.9 Å². The van der Waals surface area contributed by atoms with Gasteiger partial charge in [0.1, 0.15) is 6.33 Å². The van der Waals surface area contributed by atoms with E-state index in [2.05, 4.69) is 52.3 Å². The highest BCUT2D eigenvalue weighted by atomic mass is 15.2. The van der Waals surface area contributed by atoms with Gasteiger partial charge in [-0.2, -0.15) is 4.98 Å². The molecule has 0 fully saturated rings. The Labute approximate surface area is 118 Å². The molecule has 0 aliphatic heterocycles. The summed E-state index contributed by atoms with van der Waals surface area (Å²) in [6.45, 7) is 4.39. The second kappa shape index (κ2) is 5.07. The maximum atomic E-state index is 5.61. The zero-order chi connectivity index (χ0) is 14.1. The molecule has 0 saturated heterocycles. The van der Waals surface area contributed by atoms with Crippen LogP contribution in [0.2, 0.25) is 0 Å². The highest BCUT2D eigenvalue weighted by Gasteiger charge is 2.27. The fourth-order valence-corrected chi connectivity index (χ4v) is 2.85. The highest BCUT2D eigenvalue weighted by molar-refractivity contribution is 5.41. The fourth-order valence-electron chi connectivity index (χ4n) is 2.85. The number of nitrogens with zero attached hydrogens (tertiary/aromatic N) is 3. The third-order valence-corrected chi connectivity index (χ3v) is 3.95. The van der Waals surface area contributed by atoms with Crippen LogP contribution >= 0.6 is 0 Å². The molecule has 1 aromatic heterocycles. The van der Waals surface area contributed by atoms with E-state index in [1.807, 2.05) is 0 Å². The molecule has 0 spiro atoms. The van der Waals surface area contributed by atoms with Gasteiger partial charge in [0.15, 0.2) is 0 Å². The molecule has 0 radical (unpaired) electrons. The summed E-state index contributed by atoms with van der Waals surface area (Å²) in [4.78, 5) is 12.1. The minimum absolute atomic E-state index is 0.223. The molecule has 1 aromatic carbocycles. The quantitative estimate of drug-likeness (QED) is 0.876. The molecule has 5 nitrogen and oxygen atoms in total. The lowest BCUT2D eigenvalue weighted by Crippen LogP contribution is -2.26. The Kier molecular flexibility index (Phi) is 3.26. The van der Waals surface area contributed by atoms with E-state index in [1.165, 1.54) is 23.0 Å². The van der Waals surface area contributed by atoms with Gasteiger partial charge < -0.3 is 11.1 Å². The predicted octanol–water partition coefficient (Wildman–Crippen LogP) is 2.50. The first-order valence-electron chi connectivity index (χ1n) is 6.94. The number of nitrogens with two attached hydrogens (primary N) is 1. The van der Waals surface area contributed by atoms with Crippen LogP contribution in [0, 0.1) is 12.8 Å². The van der Waals surface area contributed by atoms with Crippen LogP contribution in [0.15, 0.2) is 24.5 Å². The first-order chi connectivity index (χ1) is 9.63. The van der Waals surface area contributed by atoms with Crippen molar-refractivity contribution >= 4 is 11.9 Å². The maximum absolute atomic E-state index is 5.61. The number of hydrogen-bond acceptors (Lipinski definition) is 5. The van der Waals surface area contributed by atoms with Gasteiger partial charge in [0.2, 0.25) is 11.9 Å². The molecule has 104 valence electrons. The minimum atomic E-state index is 0.223. The van der Waals surface area contributed by atoms with Gasteiger partial charge in [0, 0.05) is 0 Å². The largest absolute Gasteiger partial charge is 0.368 e. The smallest absolute Gasteiger partial charge is 0.227 e. The Bertz CT molecular complexity index is 625. The van der Waals surface area contributed by atoms with Crippen LogP contribution < -0.4 is 11.1 Å². The van der Waals surface area contributed by atoms with Crippen molar-refractivity contribution in [1.82, 2.24) is 15.0 Å². The lowest BCUT2D eigenvalue weighted by atomic mass is 9.80. The van der Waals surface area contributed by atoms with E-state index in [0.29, 0.717) is 11.9 Å². The lowest BCUT2D eigenvalue weighted by molar-refractivity contribution is 0.432. The van der Waals surface area contributed by atoms with E-state index in [1.54, 1.807) is 0 Å². The SMILES string of the molecule is Cc1ccc2c(c1)CCC(C)C2Nc1ncnc(N)n1. The number of hydrogen-bond donors (Lipinski definition) is 2. The zero-order valence-corrected chi connectivity index (χ0v) is 11.8. The normalized spacial score (nSPS) is 21.3. The summed E-state index contributed by atoms with van der Waals surface area (Å²) >= 11 is 0. The summed E-state index contributed by atoms with van der Waals surface area (Å²) in [5, 5.41) is 3.40. The van der Waals surface area contributed by atoms with E-state index in [-0.39, 0.29) is 12.0 Å². The van der Waals surface area contributed by atoms with E-state index < -0.39 is 0 Å². The van der Waals surface area contributed by atoms with Crippen LogP contribution in [0.1, 0.15) is 36.1 Å². The van der Waals surface area contributed by atoms with Crippen LogP contribution in [0.25, 0.3) is 0 Å². The highest BCUT2D eigenvalue weighted by Crippen LogP contribution is 2.36. The monoisotopic (exact) mass is 269 g/mol. The Hall–Kier alpha value is -2.17. The number of fused-ring (bicyclic) bond motifs is 1. The number of aromatic nitrogens is 3. The molecule has 0 amide bonds. The Morgan fingerprint density at radius 1 is 1.30 bits per heavy atom. The van der Waals surface area contributed by atoms with Crippen molar-refractivity contribution in [1.29, 1.82) is 0 Å². The van der Waals surface area contributed by atoms with Crippen LogP contribution in [-0.4, -0.2) is 15.0 Å². The van der Waals surface area contributed by atoms with Gasteiger partial charge in [-0.3, -0.25) is 0 Å². The molecule has 2 unspecified atom stereocenters. The molecule has 0 bridgehead atoms. The van der Waals surface area contributed by atoms with Crippen LogP contribution in [0.5, 0.6) is 0 Å². The maximum Gasteiger partial charge on any atom is 0.227 e. The van der Waals surface area contributed by atoms with E-state index in [4.69, 9.17) is 5.73 Å². The second-order valence-corrected chi connectivity index (χ2v) is 5.51. The van der Waals surface area contributed by atoms with Gasteiger partial charge in [0.05, 0.1) is 6.04 Å². The van der Waals surface area contributed by atoms with Gasteiger partial charge in [-0.1, -0.05) is 30.7 Å². The van der Waals surface area contributed by atoms with Gasteiger partial charge >= 0.3 is 0 Å². The molecular weight excluding hydrogens is 250 g/mol. The molecular formula is C15H19N5. The van der Waals surface area contributed by atoms with Crippen LogP contribution in [0.3, 0.4) is 0 Å². The first kappa shape index (κ1) is 12.8. The second-order valence-electron chi connectivity index (χ2n) is 5.51. The topological polar surface area (TPSA) is 76.7 Å². The number of benzene rings is 1. The van der Waals surface area contributed by atoms with Crippen molar-refractivity contribution in [2.24, 2.45) is 5.92 Å². The molecule has 1 aliphatic carbocycles. The van der Waals surface area contributed by atoms with Crippen molar-refractivity contribution in [2.45, 2.75) is 32.7 Å². The average Bonchev–Trinajstić information content (AvgIpc) is 2.42. The van der Waals surface area contributed by atoms with Gasteiger partial charge in [-0.05, 0) is 36.8 Å². The van der Waals surface area contributed by atoms with Gasteiger partial charge in [-0.25, -0.2) is 9.97 Å². The molecule has 1 aliphatic rings. The molecule has 3 rings (SSSR count). The van der Waals surface area contributed by atoms with Crippen molar-refractivity contribution in [3.05, 3.63) is 41.2 Å². The number of rotatable bonds is 2. The Morgan fingerprint density at radius 3 is 2.95 bits per heavy atom. The van der Waals surface area contributed by atoms with Crippen molar-refractivity contribution in [3.63, 3.8) is 0 Å². The zero-order valence-electron chi connectivity index (χ0n) is 11.8.